The average molecular weight is 307 g/mol. The second kappa shape index (κ2) is 6.23. The van der Waals surface area contributed by atoms with Crippen molar-refractivity contribution in [3.63, 3.8) is 0 Å². The predicted octanol–water partition coefficient (Wildman–Crippen LogP) is 3.26. The van der Waals surface area contributed by atoms with Crippen molar-refractivity contribution < 1.29 is 9.59 Å². The average Bonchev–Trinajstić information content (AvgIpc) is 2.28. The van der Waals surface area contributed by atoms with Crippen molar-refractivity contribution >= 4 is 46.5 Å². The molecule has 0 saturated carbocycles. The Morgan fingerprint density at radius 1 is 1.17 bits per heavy atom. The number of alkyl halides is 3. The molecule has 0 aliphatic heterocycles. The van der Waals surface area contributed by atoms with Gasteiger partial charge in [0, 0.05) is 17.3 Å². The number of allylic oxidation sites excluding steroid dienone is 2. The minimum Gasteiger partial charge on any atom is -0.326 e. The van der Waals surface area contributed by atoms with Gasteiger partial charge in [0.15, 0.2) is 5.78 Å². The summed E-state index contributed by atoms with van der Waals surface area (Å²) in [6.07, 6.45) is 1.27. The Labute approximate surface area is 120 Å². The fourth-order valence-corrected chi connectivity index (χ4v) is 1.31. The number of carbonyl (C=O) groups excluding carboxylic acids is 2. The van der Waals surface area contributed by atoms with Gasteiger partial charge in [0.25, 0.3) is 9.70 Å². The van der Waals surface area contributed by atoms with Gasteiger partial charge in [-0.15, -0.1) is 0 Å². The number of carbonyl (C=O) groups is 2. The van der Waals surface area contributed by atoms with Crippen LogP contribution in [-0.2, 0) is 4.79 Å². The fraction of sp³-hybridized carbons (Fsp3) is 0.167. The highest BCUT2D eigenvalue weighted by Crippen LogP contribution is 2.26. The SMILES string of the molecule is C/C(=C\C(=O)c1ccccc1)NC(=O)C(Cl)(Cl)Cl. The molecule has 0 aliphatic carbocycles. The van der Waals surface area contributed by atoms with Gasteiger partial charge in [-0.2, -0.15) is 0 Å². The predicted molar refractivity (Wildman–Crippen MR) is 73.0 cm³/mol. The van der Waals surface area contributed by atoms with Crippen LogP contribution < -0.4 is 5.32 Å². The summed E-state index contributed by atoms with van der Waals surface area (Å²) in [5.41, 5.74) is 0.820. The smallest absolute Gasteiger partial charge is 0.276 e. The van der Waals surface area contributed by atoms with Crippen LogP contribution in [0.4, 0.5) is 0 Å². The van der Waals surface area contributed by atoms with E-state index >= 15 is 0 Å². The lowest BCUT2D eigenvalue weighted by molar-refractivity contribution is -0.119. The molecule has 1 aromatic carbocycles. The molecular formula is C12H10Cl3NO2. The molecular weight excluding hydrogens is 296 g/mol. The molecule has 6 heteroatoms. The first kappa shape index (κ1) is 15.0. The van der Waals surface area contributed by atoms with Crippen LogP contribution in [0.25, 0.3) is 0 Å². The van der Waals surface area contributed by atoms with E-state index in [-0.39, 0.29) is 5.78 Å². The maximum Gasteiger partial charge on any atom is 0.276 e. The summed E-state index contributed by atoms with van der Waals surface area (Å²) in [7, 11) is 0. The van der Waals surface area contributed by atoms with Gasteiger partial charge in [-0.25, -0.2) is 0 Å². The van der Waals surface area contributed by atoms with Crippen molar-refractivity contribution in [2.75, 3.05) is 0 Å². The van der Waals surface area contributed by atoms with Gasteiger partial charge in [0.1, 0.15) is 0 Å². The van der Waals surface area contributed by atoms with Crippen molar-refractivity contribution in [3.05, 3.63) is 47.7 Å². The van der Waals surface area contributed by atoms with Crippen LogP contribution in [0.15, 0.2) is 42.1 Å². The van der Waals surface area contributed by atoms with Gasteiger partial charge in [-0.1, -0.05) is 65.1 Å². The van der Waals surface area contributed by atoms with E-state index in [0.717, 1.165) is 0 Å². The molecule has 0 aromatic heterocycles. The Bertz CT molecular complexity index is 478. The second-order valence-electron chi connectivity index (χ2n) is 3.51. The molecule has 1 N–H and O–H groups in total. The third kappa shape index (κ3) is 4.69. The molecule has 1 aromatic rings. The maximum atomic E-state index is 11.8. The zero-order chi connectivity index (χ0) is 13.8. The summed E-state index contributed by atoms with van der Waals surface area (Å²) in [4.78, 5) is 23.1. The van der Waals surface area contributed by atoms with Gasteiger partial charge in [-0.05, 0) is 6.92 Å². The van der Waals surface area contributed by atoms with Crippen LogP contribution in [0, 0.1) is 0 Å². The molecule has 0 aliphatic rings. The fourth-order valence-electron chi connectivity index (χ4n) is 1.17. The molecule has 3 nitrogen and oxygen atoms in total. The van der Waals surface area contributed by atoms with Crippen molar-refractivity contribution in [3.8, 4) is 0 Å². The highest BCUT2D eigenvalue weighted by molar-refractivity contribution is 6.76. The number of hydrogen-bond donors (Lipinski definition) is 1. The van der Waals surface area contributed by atoms with E-state index in [2.05, 4.69) is 5.32 Å². The molecule has 0 atom stereocenters. The molecule has 0 unspecified atom stereocenters. The standard InChI is InChI=1S/C12H10Cl3NO2/c1-8(16-11(18)12(13,14)15)7-10(17)9-5-3-2-4-6-9/h2-7H,1H3,(H,16,18)/b8-7+. The van der Waals surface area contributed by atoms with Crippen molar-refractivity contribution in [1.29, 1.82) is 0 Å². The topological polar surface area (TPSA) is 46.2 Å². The van der Waals surface area contributed by atoms with Gasteiger partial charge >= 0.3 is 0 Å². The third-order valence-electron chi connectivity index (χ3n) is 1.97. The Balaban J connectivity index is 2.73. The molecule has 18 heavy (non-hydrogen) atoms. The summed E-state index contributed by atoms with van der Waals surface area (Å²) >= 11 is 16.2. The van der Waals surface area contributed by atoms with E-state index in [1.54, 1.807) is 30.3 Å². The van der Waals surface area contributed by atoms with Crippen LogP contribution in [-0.4, -0.2) is 15.5 Å². The molecule has 1 amide bonds. The van der Waals surface area contributed by atoms with Crippen molar-refractivity contribution in [2.24, 2.45) is 0 Å². The number of rotatable bonds is 3. The molecule has 0 saturated heterocycles. The lowest BCUT2D eigenvalue weighted by Crippen LogP contribution is -2.33. The number of hydrogen-bond acceptors (Lipinski definition) is 2. The Morgan fingerprint density at radius 3 is 2.22 bits per heavy atom. The van der Waals surface area contributed by atoms with E-state index in [1.807, 2.05) is 0 Å². The summed E-state index contributed by atoms with van der Waals surface area (Å²) in [6.45, 7) is 1.54. The number of nitrogens with one attached hydrogen (secondary N) is 1. The van der Waals surface area contributed by atoms with Crippen LogP contribution in [0.3, 0.4) is 0 Å². The van der Waals surface area contributed by atoms with E-state index in [0.29, 0.717) is 11.3 Å². The highest BCUT2D eigenvalue weighted by Gasteiger charge is 2.30. The molecule has 0 radical (unpaired) electrons. The molecule has 0 spiro atoms. The minimum absolute atomic E-state index is 0.238. The third-order valence-corrected chi connectivity index (χ3v) is 2.49. The van der Waals surface area contributed by atoms with Crippen LogP contribution in [0.2, 0.25) is 0 Å². The normalized spacial score (nSPS) is 12.1. The van der Waals surface area contributed by atoms with E-state index < -0.39 is 9.70 Å². The van der Waals surface area contributed by atoms with Crippen LogP contribution >= 0.6 is 34.8 Å². The molecule has 96 valence electrons. The Hall–Kier alpha value is -1.03. The first-order valence-corrected chi connectivity index (χ1v) is 6.10. The quantitative estimate of drug-likeness (QED) is 0.529. The largest absolute Gasteiger partial charge is 0.326 e. The molecule has 1 rings (SSSR count). The molecule has 0 fully saturated rings. The Kier molecular flexibility index (Phi) is 5.20. The summed E-state index contributed by atoms with van der Waals surface area (Å²) < 4.78 is -2.05. The lowest BCUT2D eigenvalue weighted by Gasteiger charge is -2.11. The van der Waals surface area contributed by atoms with Gasteiger partial charge in [0.05, 0.1) is 0 Å². The lowest BCUT2D eigenvalue weighted by atomic mass is 10.1. The first-order chi connectivity index (χ1) is 8.30. The van der Waals surface area contributed by atoms with Gasteiger partial charge in [-0.3, -0.25) is 9.59 Å². The molecule has 0 heterocycles. The summed E-state index contributed by atoms with van der Waals surface area (Å²) in [5, 5.41) is 2.33. The molecule has 0 bridgehead atoms. The monoisotopic (exact) mass is 305 g/mol. The number of amides is 1. The summed E-state index contributed by atoms with van der Waals surface area (Å²) in [6, 6.07) is 8.64. The number of benzene rings is 1. The number of ketones is 1. The minimum atomic E-state index is -2.05. The second-order valence-corrected chi connectivity index (χ2v) is 5.79. The maximum absolute atomic E-state index is 11.8. The van der Waals surface area contributed by atoms with E-state index in [4.69, 9.17) is 34.8 Å². The van der Waals surface area contributed by atoms with Gasteiger partial charge < -0.3 is 5.32 Å². The van der Waals surface area contributed by atoms with Crippen molar-refractivity contribution in [1.82, 2.24) is 5.32 Å². The Morgan fingerprint density at radius 2 is 1.72 bits per heavy atom. The zero-order valence-electron chi connectivity index (χ0n) is 9.41. The van der Waals surface area contributed by atoms with E-state index in [1.165, 1.54) is 13.0 Å². The number of halogens is 3. The summed E-state index contributed by atoms with van der Waals surface area (Å²) in [5.74, 6) is -1.04. The zero-order valence-corrected chi connectivity index (χ0v) is 11.7. The van der Waals surface area contributed by atoms with Crippen molar-refractivity contribution in [2.45, 2.75) is 10.7 Å². The highest BCUT2D eigenvalue weighted by atomic mass is 35.6. The van der Waals surface area contributed by atoms with Gasteiger partial charge in [0.2, 0.25) is 0 Å². The first-order valence-electron chi connectivity index (χ1n) is 4.96. The van der Waals surface area contributed by atoms with E-state index in [9.17, 15) is 9.59 Å². The van der Waals surface area contributed by atoms with Crippen LogP contribution in [0.1, 0.15) is 17.3 Å². The van der Waals surface area contributed by atoms with Crippen LogP contribution in [0.5, 0.6) is 0 Å².